The summed E-state index contributed by atoms with van der Waals surface area (Å²) in [6, 6.07) is 7.17. The molecule has 4 rings (SSSR count). The van der Waals surface area contributed by atoms with E-state index in [4.69, 9.17) is 14.2 Å². The highest BCUT2D eigenvalue weighted by Gasteiger charge is 2.34. The van der Waals surface area contributed by atoms with Crippen LogP contribution in [0.25, 0.3) is 6.08 Å². The lowest BCUT2D eigenvalue weighted by molar-refractivity contribution is 0.101. The maximum absolute atomic E-state index is 13.2. The van der Waals surface area contributed by atoms with Gasteiger partial charge in [0.25, 0.3) is 0 Å². The van der Waals surface area contributed by atoms with Crippen molar-refractivity contribution in [1.82, 2.24) is 4.90 Å². The lowest BCUT2D eigenvalue weighted by atomic mass is 9.98. The van der Waals surface area contributed by atoms with E-state index in [0.717, 1.165) is 18.7 Å². The van der Waals surface area contributed by atoms with Crippen molar-refractivity contribution in [2.24, 2.45) is 11.8 Å². The van der Waals surface area contributed by atoms with E-state index >= 15 is 0 Å². The molecule has 0 spiro atoms. The second-order valence-corrected chi connectivity index (χ2v) is 9.43. The minimum absolute atomic E-state index is 0.163. The van der Waals surface area contributed by atoms with Gasteiger partial charge in [-0.15, -0.1) is 0 Å². The van der Waals surface area contributed by atoms with Crippen molar-refractivity contribution in [1.29, 1.82) is 0 Å². The summed E-state index contributed by atoms with van der Waals surface area (Å²) in [4.78, 5) is 15.5. The molecule has 2 heterocycles. The number of rotatable bonds is 7. The third-order valence-electron chi connectivity index (χ3n) is 5.54. The number of benzene rings is 2. The third-order valence-corrected chi connectivity index (χ3v) is 5.54. The average molecular weight is 438 g/mol. The Labute approximate surface area is 189 Å². The Morgan fingerprint density at radius 1 is 1.06 bits per heavy atom. The van der Waals surface area contributed by atoms with E-state index in [2.05, 4.69) is 32.6 Å². The number of aromatic hydroxyl groups is 1. The number of Topliss-reactive ketones (excluding diaryl/α,β-unsaturated/α-hetero) is 1. The second-order valence-electron chi connectivity index (χ2n) is 9.43. The molecule has 0 atom stereocenters. The molecule has 1 N–H and O–H groups in total. The number of allylic oxidation sites excluding steroid dienone is 1. The van der Waals surface area contributed by atoms with E-state index in [9.17, 15) is 9.90 Å². The van der Waals surface area contributed by atoms with Gasteiger partial charge in [-0.1, -0.05) is 33.8 Å². The molecule has 0 radical (unpaired) electrons. The van der Waals surface area contributed by atoms with Crippen molar-refractivity contribution in [3.05, 3.63) is 52.3 Å². The van der Waals surface area contributed by atoms with Crippen molar-refractivity contribution in [3.8, 4) is 23.0 Å². The van der Waals surface area contributed by atoms with Crippen LogP contribution in [0, 0.1) is 18.8 Å². The quantitative estimate of drug-likeness (QED) is 0.604. The maximum Gasteiger partial charge on any atom is 0.232 e. The summed E-state index contributed by atoms with van der Waals surface area (Å²) in [7, 11) is 0. The van der Waals surface area contributed by atoms with Crippen LogP contribution in [0.4, 0.5) is 0 Å². The van der Waals surface area contributed by atoms with E-state index in [1.54, 1.807) is 12.1 Å². The smallest absolute Gasteiger partial charge is 0.232 e. The molecule has 6 heteroatoms. The first-order valence-electron chi connectivity index (χ1n) is 11.1. The molecular weight excluding hydrogens is 406 g/mol. The first-order valence-corrected chi connectivity index (χ1v) is 11.1. The topological polar surface area (TPSA) is 68.2 Å². The minimum Gasteiger partial charge on any atom is -0.507 e. The van der Waals surface area contributed by atoms with E-state index in [0.29, 0.717) is 52.3 Å². The van der Waals surface area contributed by atoms with Gasteiger partial charge in [-0.25, -0.2) is 0 Å². The fraction of sp³-hybridized carbons (Fsp3) is 0.423. The van der Waals surface area contributed by atoms with Crippen LogP contribution in [0.3, 0.4) is 0 Å². The van der Waals surface area contributed by atoms with E-state index in [-0.39, 0.29) is 24.1 Å². The monoisotopic (exact) mass is 437 g/mol. The fourth-order valence-electron chi connectivity index (χ4n) is 4.35. The summed E-state index contributed by atoms with van der Waals surface area (Å²) in [6.45, 7) is 13.1. The van der Waals surface area contributed by atoms with Gasteiger partial charge in [0.1, 0.15) is 11.5 Å². The van der Waals surface area contributed by atoms with Crippen LogP contribution in [0.15, 0.2) is 30.0 Å². The molecule has 0 fully saturated rings. The number of ketones is 1. The van der Waals surface area contributed by atoms with Crippen molar-refractivity contribution in [3.63, 3.8) is 0 Å². The molecule has 2 aliphatic heterocycles. The molecule has 0 aromatic heterocycles. The first-order chi connectivity index (χ1) is 15.2. The fourth-order valence-corrected chi connectivity index (χ4v) is 4.35. The van der Waals surface area contributed by atoms with Crippen molar-refractivity contribution in [2.75, 3.05) is 19.9 Å². The van der Waals surface area contributed by atoms with E-state index in [1.807, 2.05) is 25.1 Å². The SMILES string of the molecule is Cc1cc(O)c(CN(CC(C)C)CC(C)C)c2c1C(=O)/C(=C\c1ccc3c(c1)OCO3)O2. The number of aryl methyl sites for hydroxylation is 1. The van der Waals surface area contributed by atoms with Crippen LogP contribution >= 0.6 is 0 Å². The molecule has 0 aliphatic carbocycles. The number of hydrogen-bond acceptors (Lipinski definition) is 6. The zero-order valence-electron chi connectivity index (χ0n) is 19.4. The summed E-state index contributed by atoms with van der Waals surface area (Å²) >= 11 is 0. The second kappa shape index (κ2) is 8.87. The van der Waals surface area contributed by atoms with E-state index in [1.165, 1.54) is 0 Å². The number of phenols is 1. The predicted octanol–water partition coefficient (Wildman–Crippen LogP) is 5.16. The van der Waals surface area contributed by atoms with Gasteiger partial charge in [0.2, 0.25) is 12.6 Å². The third kappa shape index (κ3) is 4.46. The van der Waals surface area contributed by atoms with Gasteiger partial charge in [-0.3, -0.25) is 9.69 Å². The Morgan fingerprint density at radius 2 is 1.75 bits per heavy atom. The lowest BCUT2D eigenvalue weighted by Gasteiger charge is -2.27. The Balaban J connectivity index is 1.68. The molecule has 0 saturated heterocycles. The largest absolute Gasteiger partial charge is 0.507 e. The molecule has 6 nitrogen and oxygen atoms in total. The van der Waals surface area contributed by atoms with Gasteiger partial charge in [-0.05, 0) is 54.2 Å². The number of phenolic OH excluding ortho intramolecular Hbond substituents is 1. The highest BCUT2D eigenvalue weighted by molar-refractivity contribution is 6.15. The van der Waals surface area contributed by atoms with Crippen LogP contribution in [-0.2, 0) is 6.54 Å². The Bertz CT molecular complexity index is 1060. The minimum atomic E-state index is -0.171. The van der Waals surface area contributed by atoms with Crippen LogP contribution in [0.5, 0.6) is 23.0 Å². The Hall–Kier alpha value is -2.99. The molecule has 0 amide bonds. The van der Waals surface area contributed by atoms with Crippen molar-refractivity contribution < 1.29 is 24.1 Å². The van der Waals surface area contributed by atoms with Gasteiger partial charge in [0.05, 0.1) is 11.1 Å². The summed E-state index contributed by atoms with van der Waals surface area (Å²) in [6.07, 6.45) is 1.71. The van der Waals surface area contributed by atoms with Gasteiger partial charge in [-0.2, -0.15) is 0 Å². The first kappa shape index (κ1) is 22.2. The highest BCUT2D eigenvalue weighted by atomic mass is 16.7. The standard InChI is InChI=1S/C26H31NO5/c1-15(2)11-27(12-16(3)4)13-19-20(28)8-17(5)24-25(29)23(32-26(19)24)10-18-6-7-21-22(9-18)31-14-30-21/h6-10,15-16,28H,11-14H2,1-5H3/b23-10+. The van der Waals surface area contributed by atoms with Crippen molar-refractivity contribution >= 4 is 11.9 Å². The summed E-state index contributed by atoms with van der Waals surface area (Å²) in [5.41, 5.74) is 2.68. The van der Waals surface area contributed by atoms with Gasteiger partial charge >= 0.3 is 0 Å². The Kier molecular flexibility index (Phi) is 6.15. The molecule has 2 aromatic carbocycles. The molecule has 2 aromatic rings. The predicted molar refractivity (Wildman–Crippen MR) is 123 cm³/mol. The molecule has 32 heavy (non-hydrogen) atoms. The zero-order valence-corrected chi connectivity index (χ0v) is 19.4. The Morgan fingerprint density at radius 3 is 2.44 bits per heavy atom. The number of ether oxygens (including phenoxy) is 3. The van der Waals surface area contributed by atoms with Crippen LogP contribution < -0.4 is 14.2 Å². The molecular formula is C26H31NO5. The molecule has 2 aliphatic rings. The average Bonchev–Trinajstić information content (AvgIpc) is 3.28. The molecule has 170 valence electrons. The van der Waals surface area contributed by atoms with Crippen LogP contribution in [0.2, 0.25) is 0 Å². The number of fused-ring (bicyclic) bond motifs is 2. The summed E-state index contributed by atoms with van der Waals surface area (Å²) < 4.78 is 16.9. The van der Waals surface area contributed by atoms with Gasteiger partial charge < -0.3 is 19.3 Å². The number of nitrogens with zero attached hydrogens (tertiary/aromatic N) is 1. The number of carbonyl (C=O) groups is 1. The number of carbonyl (C=O) groups excluding carboxylic acids is 1. The number of hydrogen-bond donors (Lipinski definition) is 1. The van der Waals surface area contributed by atoms with Crippen molar-refractivity contribution in [2.45, 2.75) is 41.2 Å². The highest BCUT2D eigenvalue weighted by Crippen LogP contribution is 2.43. The maximum atomic E-state index is 13.2. The van der Waals surface area contributed by atoms with Gasteiger partial charge in [0, 0.05) is 19.6 Å². The lowest BCUT2D eigenvalue weighted by Crippen LogP contribution is -2.31. The van der Waals surface area contributed by atoms with Crippen LogP contribution in [-0.4, -0.2) is 35.7 Å². The van der Waals surface area contributed by atoms with E-state index < -0.39 is 0 Å². The summed E-state index contributed by atoms with van der Waals surface area (Å²) in [5, 5.41) is 10.8. The molecule has 0 saturated carbocycles. The molecule has 0 unspecified atom stereocenters. The summed E-state index contributed by atoms with van der Waals surface area (Å²) in [5.74, 6) is 3.01. The van der Waals surface area contributed by atoms with Crippen LogP contribution in [0.1, 0.15) is 54.7 Å². The molecule has 0 bridgehead atoms. The van der Waals surface area contributed by atoms with Gasteiger partial charge in [0.15, 0.2) is 17.3 Å². The zero-order chi connectivity index (χ0) is 23.0. The normalized spacial score (nSPS) is 15.9.